The van der Waals surface area contributed by atoms with Gasteiger partial charge in [-0.1, -0.05) is 12.1 Å². The van der Waals surface area contributed by atoms with E-state index in [1.165, 1.54) is 0 Å². The van der Waals surface area contributed by atoms with Gasteiger partial charge in [0.15, 0.2) is 0 Å². The van der Waals surface area contributed by atoms with Gasteiger partial charge in [0.25, 0.3) is 0 Å². The SMILES string of the molecule is CC(C)Oc1cccc([C@H](O)CNC(=O)CCc2ccncc2)c1. The van der Waals surface area contributed by atoms with E-state index >= 15 is 0 Å². The van der Waals surface area contributed by atoms with Gasteiger partial charge in [-0.2, -0.15) is 0 Å². The van der Waals surface area contributed by atoms with Crippen LogP contribution in [0.5, 0.6) is 5.75 Å². The van der Waals surface area contributed by atoms with E-state index in [0.29, 0.717) is 18.6 Å². The quantitative estimate of drug-likeness (QED) is 0.781. The number of aliphatic hydroxyl groups excluding tert-OH is 1. The van der Waals surface area contributed by atoms with Gasteiger partial charge in [-0.15, -0.1) is 0 Å². The third-order valence-electron chi connectivity index (χ3n) is 3.50. The zero-order valence-electron chi connectivity index (χ0n) is 14.1. The largest absolute Gasteiger partial charge is 0.491 e. The molecule has 5 nitrogen and oxygen atoms in total. The smallest absolute Gasteiger partial charge is 0.220 e. The second kappa shape index (κ2) is 9.03. The third kappa shape index (κ3) is 6.01. The van der Waals surface area contributed by atoms with Crippen LogP contribution >= 0.6 is 0 Å². The van der Waals surface area contributed by atoms with Crippen LogP contribution in [0, 0.1) is 0 Å². The fourth-order valence-corrected chi connectivity index (χ4v) is 2.29. The minimum atomic E-state index is -0.759. The Balaban J connectivity index is 1.79. The number of aromatic nitrogens is 1. The van der Waals surface area contributed by atoms with Crippen LogP contribution in [0.25, 0.3) is 0 Å². The van der Waals surface area contributed by atoms with Gasteiger partial charge in [-0.25, -0.2) is 0 Å². The molecule has 5 heteroatoms. The molecular formula is C19H24N2O3. The molecule has 0 radical (unpaired) electrons. The summed E-state index contributed by atoms with van der Waals surface area (Å²) in [6, 6.07) is 11.1. The molecule has 0 saturated carbocycles. The topological polar surface area (TPSA) is 71.5 Å². The zero-order valence-corrected chi connectivity index (χ0v) is 14.1. The molecule has 0 unspecified atom stereocenters. The highest BCUT2D eigenvalue weighted by Crippen LogP contribution is 2.20. The van der Waals surface area contributed by atoms with Crippen LogP contribution in [0.2, 0.25) is 0 Å². The Morgan fingerprint density at radius 3 is 2.71 bits per heavy atom. The molecule has 1 aromatic heterocycles. The molecule has 24 heavy (non-hydrogen) atoms. The number of nitrogens with one attached hydrogen (secondary N) is 1. The molecule has 2 aromatic rings. The van der Waals surface area contributed by atoms with Crippen molar-refractivity contribution in [1.29, 1.82) is 0 Å². The summed E-state index contributed by atoms with van der Waals surface area (Å²) >= 11 is 0. The molecule has 0 spiro atoms. The van der Waals surface area contributed by atoms with Crippen molar-refractivity contribution in [2.75, 3.05) is 6.54 Å². The minimum Gasteiger partial charge on any atom is -0.491 e. The average Bonchev–Trinajstić information content (AvgIpc) is 2.58. The van der Waals surface area contributed by atoms with E-state index in [0.717, 1.165) is 11.1 Å². The Kier molecular flexibility index (Phi) is 6.75. The average molecular weight is 328 g/mol. The second-order valence-corrected chi connectivity index (χ2v) is 5.91. The lowest BCUT2D eigenvalue weighted by molar-refractivity contribution is -0.121. The highest BCUT2D eigenvalue weighted by Gasteiger charge is 2.11. The Bertz CT molecular complexity index is 644. The highest BCUT2D eigenvalue weighted by atomic mass is 16.5. The predicted molar refractivity (Wildman–Crippen MR) is 92.7 cm³/mol. The van der Waals surface area contributed by atoms with Crippen molar-refractivity contribution in [3.05, 3.63) is 59.9 Å². The van der Waals surface area contributed by atoms with Crippen molar-refractivity contribution in [3.8, 4) is 5.75 Å². The van der Waals surface area contributed by atoms with Crippen molar-refractivity contribution in [3.63, 3.8) is 0 Å². The summed E-state index contributed by atoms with van der Waals surface area (Å²) in [6.07, 6.45) is 3.78. The number of aliphatic hydroxyl groups is 1. The van der Waals surface area contributed by atoms with Crippen molar-refractivity contribution in [1.82, 2.24) is 10.3 Å². The number of hydrogen-bond donors (Lipinski definition) is 2. The van der Waals surface area contributed by atoms with Crippen LogP contribution in [0.4, 0.5) is 0 Å². The summed E-state index contributed by atoms with van der Waals surface area (Å²) in [6.45, 7) is 4.08. The summed E-state index contributed by atoms with van der Waals surface area (Å²) < 4.78 is 5.61. The maximum absolute atomic E-state index is 11.9. The van der Waals surface area contributed by atoms with Crippen molar-refractivity contribution in [2.24, 2.45) is 0 Å². The lowest BCUT2D eigenvalue weighted by Crippen LogP contribution is -2.28. The van der Waals surface area contributed by atoms with Gasteiger partial charge < -0.3 is 15.2 Å². The molecule has 0 aliphatic rings. The maximum Gasteiger partial charge on any atom is 0.220 e. The number of carbonyl (C=O) groups is 1. The van der Waals surface area contributed by atoms with Crippen LogP contribution in [0.15, 0.2) is 48.8 Å². The molecule has 1 heterocycles. The number of ether oxygens (including phenoxy) is 1. The number of nitrogens with zero attached hydrogens (tertiary/aromatic N) is 1. The standard InChI is InChI=1S/C19H24N2O3/c1-14(2)24-17-5-3-4-16(12-17)18(22)13-21-19(23)7-6-15-8-10-20-11-9-15/h3-5,8-12,14,18,22H,6-7,13H2,1-2H3,(H,21,23)/t18-/m1/s1. The lowest BCUT2D eigenvalue weighted by Gasteiger charge is -2.15. The molecule has 128 valence electrons. The Hall–Kier alpha value is -2.40. The van der Waals surface area contributed by atoms with Crippen LogP contribution < -0.4 is 10.1 Å². The van der Waals surface area contributed by atoms with E-state index in [1.807, 2.05) is 44.2 Å². The van der Waals surface area contributed by atoms with Crippen LogP contribution in [-0.4, -0.2) is 28.6 Å². The summed E-state index contributed by atoms with van der Waals surface area (Å²) in [7, 11) is 0. The van der Waals surface area contributed by atoms with E-state index in [2.05, 4.69) is 10.3 Å². The lowest BCUT2D eigenvalue weighted by atomic mass is 10.1. The molecule has 2 rings (SSSR count). The van der Waals surface area contributed by atoms with E-state index in [9.17, 15) is 9.90 Å². The summed E-state index contributed by atoms with van der Waals surface area (Å²) in [4.78, 5) is 15.8. The molecule has 1 aromatic carbocycles. The van der Waals surface area contributed by atoms with E-state index < -0.39 is 6.10 Å². The first kappa shape index (κ1) is 17.9. The van der Waals surface area contributed by atoms with Gasteiger partial charge in [-0.3, -0.25) is 9.78 Å². The van der Waals surface area contributed by atoms with E-state index in [-0.39, 0.29) is 18.6 Å². The summed E-state index contributed by atoms with van der Waals surface area (Å²) in [5.74, 6) is 0.631. The van der Waals surface area contributed by atoms with Gasteiger partial charge in [0, 0.05) is 25.4 Å². The van der Waals surface area contributed by atoms with Crippen molar-refractivity contribution in [2.45, 2.75) is 38.9 Å². The first-order valence-electron chi connectivity index (χ1n) is 8.15. The van der Waals surface area contributed by atoms with Crippen LogP contribution in [-0.2, 0) is 11.2 Å². The number of aryl methyl sites for hydroxylation is 1. The second-order valence-electron chi connectivity index (χ2n) is 5.91. The van der Waals surface area contributed by atoms with Crippen LogP contribution in [0.3, 0.4) is 0 Å². The van der Waals surface area contributed by atoms with Gasteiger partial charge in [0.1, 0.15) is 5.75 Å². The molecule has 1 atom stereocenters. The molecule has 0 aliphatic heterocycles. The number of rotatable bonds is 8. The fourth-order valence-electron chi connectivity index (χ4n) is 2.29. The molecule has 0 saturated heterocycles. The predicted octanol–water partition coefficient (Wildman–Crippen LogP) is 2.65. The minimum absolute atomic E-state index is 0.0743. The highest BCUT2D eigenvalue weighted by molar-refractivity contribution is 5.76. The Labute approximate surface area is 142 Å². The van der Waals surface area contributed by atoms with Crippen molar-refractivity contribution >= 4 is 5.91 Å². The molecule has 2 N–H and O–H groups in total. The normalized spacial score (nSPS) is 12.0. The maximum atomic E-state index is 11.9. The first-order valence-corrected chi connectivity index (χ1v) is 8.15. The zero-order chi connectivity index (χ0) is 17.4. The summed E-state index contributed by atoms with van der Waals surface area (Å²) in [5, 5.41) is 13.0. The van der Waals surface area contributed by atoms with E-state index in [1.54, 1.807) is 18.5 Å². The molecular weight excluding hydrogens is 304 g/mol. The van der Waals surface area contributed by atoms with Gasteiger partial charge in [-0.05, 0) is 55.7 Å². The Morgan fingerprint density at radius 1 is 1.25 bits per heavy atom. The number of carbonyl (C=O) groups excluding carboxylic acids is 1. The molecule has 0 bridgehead atoms. The van der Waals surface area contributed by atoms with Gasteiger partial charge >= 0.3 is 0 Å². The van der Waals surface area contributed by atoms with Gasteiger partial charge in [0.05, 0.1) is 12.2 Å². The number of pyridine rings is 1. The van der Waals surface area contributed by atoms with Crippen molar-refractivity contribution < 1.29 is 14.6 Å². The van der Waals surface area contributed by atoms with Gasteiger partial charge in [0.2, 0.25) is 5.91 Å². The number of benzene rings is 1. The third-order valence-corrected chi connectivity index (χ3v) is 3.50. The fraction of sp³-hybridized carbons (Fsp3) is 0.368. The Morgan fingerprint density at radius 2 is 2.00 bits per heavy atom. The molecule has 0 fully saturated rings. The molecule has 1 amide bonds. The summed E-state index contributed by atoms with van der Waals surface area (Å²) in [5.41, 5.74) is 1.79. The number of amides is 1. The van der Waals surface area contributed by atoms with Crippen LogP contribution in [0.1, 0.15) is 37.5 Å². The van der Waals surface area contributed by atoms with E-state index in [4.69, 9.17) is 4.74 Å². The molecule has 0 aliphatic carbocycles. The monoisotopic (exact) mass is 328 g/mol. The number of hydrogen-bond acceptors (Lipinski definition) is 4. The first-order chi connectivity index (χ1) is 11.5.